The predicted octanol–water partition coefficient (Wildman–Crippen LogP) is 2.87. The van der Waals surface area contributed by atoms with E-state index in [1.54, 1.807) is 11.3 Å². The third-order valence-corrected chi connectivity index (χ3v) is 4.83. The summed E-state index contributed by atoms with van der Waals surface area (Å²) in [6.45, 7) is 8.15. The molecule has 88 valence electrons. The number of nitrogens with one attached hydrogen (secondary N) is 1. The fraction of sp³-hybridized carbons (Fsp3) is 0.615. The maximum absolute atomic E-state index is 12.7. The van der Waals surface area contributed by atoms with Crippen molar-refractivity contribution in [1.29, 1.82) is 0 Å². The molecule has 2 heterocycles. The summed E-state index contributed by atoms with van der Waals surface area (Å²) in [6, 6.07) is 2.04. The number of hydrogen-bond acceptors (Lipinski definition) is 3. The van der Waals surface area contributed by atoms with E-state index in [1.807, 2.05) is 18.4 Å². The molecule has 2 nitrogen and oxygen atoms in total. The van der Waals surface area contributed by atoms with E-state index < -0.39 is 0 Å². The molecule has 1 atom stereocenters. The third-order valence-electron chi connectivity index (χ3n) is 3.81. The van der Waals surface area contributed by atoms with Gasteiger partial charge in [0, 0.05) is 6.54 Å². The first-order chi connectivity index (χ1) is 7.58. The first-order valence-electron chi connectivity index (χ1n) is 5.87. The highest BCUT2D eigenvalue weighted by atomic mass is 32.1. The van der Waals surface area contributed by atoms with Crippen molar-refractivity contribution in [3.05, 3.63) is 21.9 Å². The number of carbonyl (C=O) groups is 1. The lowest BCUT2D eigenvalue weighted by molar-refractivity contribution is 0.0744. The smallest absolute Gasteiger partial charge is 0.180 e. The molecule has 0 aromatic carbocycles. The molecule has 16 heavy (non-hydrogen) atoms. The summed E-state index contributed by atoms with van der Waals surface area (Å²) < 4.78 is 0. The molecule has 3 heteroatoms. The lowest BCUT2D eigenvalue weighted by atomic mass is 9.72. The summed E-state index contributed by atoms with van der Waals surface area (Å²) in [5.41, 5.74) is 0.956. The van der Waals surface area contributed by atoms with E-state index in [9.17, 15) is 4.79 Å². The van der Waals surface area contributed by atoms with E-state index in [1.165, 1.54) is 0 Å². The van der Waals surface area contributed by atoms with Crippen LogP contribution in [0.15, 0.2) is 11.4 Å². The van der Waals surface area contributed by atoms with Crippen molar-refractivity contribution in [2.24, 2.45) is 11.3 Å². The van der Waals surface area contributed by atoms with Crippen LogP contribution < -0.4 is 5.32 Å². The summed E-state index contributed by atoms with van der Waals surface area (Å²) in [5.74, 6) is 0.747. The average Bonchev–Trinajstić information content (AvgIpc) is 2.85. The van der Waals surface area contributed by atoms with E-state index in [2.05, 4.69) is 19.2 Å². The van der Waals surface area contributed by atoms with E-state index >= 15 is 0 Å². The minimum Gasteiger partial charge on any atom is -0.316 e. The molecule has 1 aliphatic heterocycles. The Labute approximate surface area is 101 Å². The monoisotopic (exact) mass is 237 g/mol. The van der Waals surface area contributed by atoms with Crippen LogP contribution in [0.25, 0.3) is 0 Å². The zero-order valence-corrected chi connectivity index (χ0v) is 11.0. The van der Waals surface area contributed by atoms with Gasteiger partial charge in [0.15, 0.2) is 5.78 Å². The van der Waals surface area contributed by atoms with Crippen molar-refractivity contribution in [3.8, 4) is 0 Å². The van der Waals surface area contributed by atoms with Crippen molar-refractivity contribution in [2.75, 3.05) is 13.1 Å². The lowest BCUT2D eigenvalue weighted by Crippen LogP contribution is -2.38. The number of rotatable bonds is 3. The molecule has 0 radical (unpaired) electrons. The Morgan fingerprint density at radius 3 is 2.75 bits per heavy atom. The second kappa shape index (κ2) is 4.30. The van der Waals surface area contributed by atoms with Crippen molar-refractivity contribution in [1.82, 2.24) is 5.32 Å². The summed E-state index contributed by atoms with van der Waals surface area (Å²) in [7, 11) is 0. The van der Waals surface area contributed by atoms with Gasteiger partial charge in [0.25, 0.3) is 0 Å². The fourth-order valence-corrected chi connectivity index (χ4v) is 3.46. The Kier molecular flexibility index (Phi) is 3.17. The largest absolute Gasteiger partial charge is 0.316 e. The van der Waals surface area contributed by atoms with Gasteiger partial charge in [-0.3, -0.25) is 4.79 Å². The highest BCUT2D eigenvalue weighted by Crippen LogP contribution is 2.39. The Morgan fingerprint density at radius 2 is 2.31 bits per heavy atom. The number of hydrogen-bond donors (Lipinski definition) is 1. The zero-order chi connectivity index (χ0) is 11.8. The Balaban J connectivity index is 2.35. The molecule has 1 aromatic rings. The number of Topliss-reactive ketones (excluding diaryl/α,β-unsaturated/α-hetero) is 1. The van der Waals surface area contributed by atoms with E-state index in [4.69, 9.17) is 0 Å². The molecule has 0 amide bonds. The van der Waals surface area contributed by atoms with E-state index in [0.29, 0.717) is 11.7 Å². The zero-order valence-electron chi connectivity index (χ0n) is 10.2. The van der Waals surface area contributed by atoms with Crippen LogP contribution in [0, 0.1) is 18.3 Å². The molecule has 1 fully saturated rings. The van der Waals surface area contributed by atoms with Crippen LogP contribution in [-0.4, -0.2) is 18.9 Å². The SMILES string of the molecule is Cc1ccsc1C(=O)C1(C(C)C)CCNC1. The first kappa shape index (κ1) is 11.8. The number of aryl methyl sites for hydroxylation is 1. The van der Waals surface area contributed by atoms with Crippen LogP contribution in [0.3, 0.4) is 0 Å². The Morgan fingerprint density at radius 1 is 1.56 bits per heavy atom. The third kappa shape index (κ3) is 1.72. The van der Waals surface area contributed by atoms with Gasteiger partial charge in [-0.05, 0) is 42.8 Å². The molecule has 2 rings (SSSR count). The molecule has 1 unspecified atom stereocenters. The van der Waals surface area contributed by atoms with Gasteiger partial charge in [0.2, 0.25) is 0 Å². The molecule has 0 aliphatic carbocycles. The van der Waals surface area contributed by atoms with Crippen LogP contribution >= 0.6 is 11.3 Å². The predicted molar refractivity (Wildman–Crippen MR) is 68.1 cm³/mol. The summed E-state index contributed by atoms with van der Waals surface area (Å²) >= 11 is 1.58. The number of ketones is 1. The lowest BCUT2D eigenvalue weighted by Gasteiger charge is -2.30. The topological polar surface area (TPSA) is 29.1 Å². The normalized spacial score (nSPS) is 25.2. The van der Waals surface area contributed by atoms with Crippen molar-refractivity contribution in [3.63, 3.8) is 0 Å². The summed E-state index contributed by atoms with van der Waals surface area (Å²) in [5, 5.41) is 5.35. The molecule has 1 N–H and O–H groups in total. The van der Waals surface area contributed by atoms with Gasteiger partial charge in [-0.25, -0.2) is 0 Å². The molecular formula is C13H19NOS. The second-order valence-corrected chi connectivity index (χ2v) is 5.92. The molecule has 0 saturated carbocycles. The van der Waals surface area contributed by atoms with Gasteiger partial charge in [-0.2, -0.15) is 0 Å². The maximum atomic E-state index is 12.7. The van der Waals surface area contributed by atoms with E-state index in [-0.39, 0.29) is 5.41 Å². The van der Waals surface area contributed by atoms with Crippen LogP contribution in [0.1, 0.15) is 35.5 Å². The van der Waals surface area contributed by atoms with Crippen LogP contribution in [0.4, 0.5) is 0 Å². The molecular weight excluding hydrogens is 218 g/mol. The maximum Gasteiger partial charge on any atom is 0.180 e. The first-order valence-corrected chi connectivity index (χ1v) is 6.75. The van der Waals surface area contributed by atoms with Gasteiger partial charge in [0.05, 0.1) is 10.3 Å². The highest BCUT2D eigenvalue weighted by Gasteiger charge is 2.44. The van der Waals surface area contributed by atoms with E-state index in [0.717, 1.165) is 30.0 Å². The minimum atomic E-state index is -0.171. The van der Waals surface area contributed by atoms with Crippen LogP contribution in [0.5, 0.6) is 0 Å². The summed E-state index contributed by atoms with van der Waals surface area (Å²) in [6.07, 6.45) is 0.973. The van der Waals surface area contributed by atoms with Crippen molar-refractivity contribution >= 4 is 17.1 Å². The number of carbonyl (C=O) groups excluding carboxylic acids is 1. The van der Waals surface area contributed by atoms with Gasteiger partial charge in [0.1, 0.15) is 0 Å². The fourth-order valence-electron chi connectivity index (χ4n) is 2.49. The highest BCUT2D eigenvalue weighted by molar-refractivity contribution is 7.12. The van der Waals surface area contributed by atoms with Crippen LogP contribution in [-0.2, 0) is 0 Å². The van der Waals surface area contributed by atoms with Gasteiger partial charge >= 0.3 is 0 Å². The molecule has 0 bridgehead atoms. The second-order valence-electron chi connectivity index (χ2n) is 5.00. The standard InChI is InChI=1S/C13H19NOS/c1-9(2)13(5-6-14-8-13)12(15)11-10(3)4-7-16-11/h4,7,9,14H,5-6,8H2,1-3H3. The molecule has 1 aliphatic rings. The minimum absolute atomic E-state index is 0.171. The summed E-state index contributed by atoms with van der Waals surface area (Å²) in [4.78, 5) is 13.6. The molecule has 1 aromatic heterocycles. The van der Waals surface area contributed by atoms with Crippen molar-refractivity contribution in [2.45, 2.75) is 27.2 Å². The van der Waals surface area contributed by atoms with Gasteiger partial charge in [-0.15, -0.1) is 11.3 Å². The quantitative estimate of drug-likeness (QED) is 0.819. The number of thiophene rings is 1. The Bertz CT molecular complexity index is 388. The molecule has 1 saturated heterocycles. The van der Waals surface area contributed by atoms with Gasteiger partial charge in [-0.1, -0.05) is 13.8 Å². The Hall–Kier alpha value is -0.670. The van der Waals surface area contributed by atoms with Crippen molar-refractivity contribution < 1.29 is 4.79 Å². The van der Waals surface area contributed by atoms with Gasteiger partial charge < -0.3 is 5.32 Å². The average molecular weight is 237 g/mol. The molecule has 0 spiro atoms. The van der Waals surface area contributed by atoms with Crippen LogP contribution in [0.2, 0.25) is 0 Å².